The van der Waals surface area contributed by atoms with E-state index in [1.165, 1.54) is 7.11 Å². The minimum Gasteiger partial charge on any atom is -0.495 e. The van der Waals surface area contributed by atoms with E-state index < -0.39 is 0 Å². The molecule has 0 amide bonds. The number of benzene rings is 1. The number of nitrogens with zero attached hydrogens (tertiary/aromatic N) is 1. The van der Waals surface area contributed by atoms with E-state index in [0.29, 0.717) is 16.3 Å². The Morgan fingerprint density at radius 2 is 2.23 bits per heavy atom. The minimum absolute atomic E-state index is 0.00967. The Hall–Kier alpha value is -0.930. The zero-order chi connectivity index (χ0) is 9.84. The van der Waals surface area contributed by atoms with Crippen molar-refractivity contribution in [3.8, 4) is 5.75 Å². The SMILES string of the molecule is COc1ccc(/C(Cl)=N\O)cc1Cl. The Morgan fingerprint density at radius 3 is 2.69 bits per heavy atom. The van der Waals surface area contributed by atoms with Gasteiger partial charge in [-0.2, -0.15) is 0 Å². The molecule has 13 heavy (non-hydrogen) atoms. The van der Waals surface area contributed by atoms with Gasteiger partial charge in [-0.15, -0.1) is 0 Å². The Morgan fingerprint density at radius 1 is 1.54 bits per heavy atom. The second-order valence-electron chi connectivity index (χ2n) is 2.24. The van der Waals surface area contributed by atoms with Crippen LogP contribution in [0.5, 0.6) is 5.75 Å². The van der Waals surface area contributed by atoms with Gasteiger partial charge in [0.15, 0.2) is 5.17 Å². The van der Waals surface area contributed by atoms with Crippen molar-refractivity contribution in [2.45, 2.75) is 0 Å². The van der Waals surface area contributed by atoms with Crippen molar-refractivity contribution < 1.29 is 9.94 Å². The molecule has 70 valence electrons. The van der Waals surface area contributed by atoms with Crippen LogP contribution in [-0.2, 0) is 0 Å². The number of oxime groups is 1. The molecule has 0 aromatic heterocycles. The molecule has 0 atom stereocenters. The number of ether oxygens (including phenoxy) is 1. The summed E-state index contributed by atoms with van der Waals surface area (Å²) in [5.41, 5.74) is 0.537. The maximum absolute atomic E-state index is 8.39. The van der Waals surface area contributed by atoms with E-state index in [1.54, 1.807) is 18.2 Å². The molecule has 0 saturated heterocycles. The zero-order valence-electron chi connectivity index (χ0n) is 6.79. The van der Waals surface area contributed by atoms with Gasteiger partial charge in [0, 0.05) is 5.56 Å². The van der Waals surface area contributed by atoms with Crippen molar-refractivity contribution in [2.24, 2.45) is 5.16 Å². The molecule has 0 bridgehead atoms. The first-order valence-corrected chi connectivity index (χ1v) is 4.16. The predicted molar refractivity (Wildman–Crippen MR) is 52.2 cm³/mol. The standard InChI is InChI=1S/C8H7Cl2NO2/c1-13-7-3-2-5(4-6(7)9)8(10)11-12/h2-4,12H,1H3/b11-8+. The minimum atomic E-state index is -0.00967. The van der Waals surface area contributed by atoms with Gasteiger partial charge in [-0.1, -0.05) is 28.4 Å². The molecule has 0 spiro atoms. The molecule has 1 rings (SSSR count). The summed E-state index contributed by atoms with van der Waals surface area (Å²) >= 11 is 11.4. The Labute approximate surface area is 85.5 Å². The Bertz CT molecular complexity index is 339. The monoisotopic (exact) mass is 219 g/mol. The fourth-order valence-electron chi connectivity index (χ4n) is 0.852. The summed E-state index contributed by atoms with van der Waals surface area (Å²) in [5.74, 6) is 0.549. The first-order chi connectivity index (χ1) is 6.19. The molecule has 5 heteroatoms. The van der Waals surface area contributed by atoms with E-state index in [-0.39, 0.29) is 5.17 Å². The fraction of sp³-hybridized carbons (Fsp3) is 0.125. The van der Waals surface area contributed by atoms with Crippen molar-refractivity contribution in [1.82, 2.24) is 0 Å². The first-order valence-electron chi connectivity index (χ1n) is 3.40. The van der Waals surface area contributed by atoms with Crippen LogP contribution in [0.3, 0.4) is 0 Å². The molecule has 0 heterocycles. The van der Waals surface area contributed by atoms with Gasteiger partial charge in [0.05, 0.1) is 12.1 Å². The summed E-state index contributed by atoms with van der Waals surface area (Å²) < 4.78 is 4.94. The van der Waals surface area contributed by atoms with Gasteiger partial charge in [-0.05, 0) is 18.2 Å². The van der Waals surface area contributed by atoms with E-state index >= 15 is 0 Å². The third kappa shape index (κ3) is 2.26. The summed E-state index contributed by atoms with van der Waals surface area (Å²) in [4.78, 5) is 0. The highest BCUT2D eigenvalue weighted by atomic mass is 35.5. The number of rotatable bonds is 2. The van der Waals surface area contributed by atoms with Crippen LogP contribution < -0.4 is 4.74 Å². The summed E-state index contributed by atoms with van der Waals surface area (Å²) in [6.07, 6.45) is 0. The van der Waals surface area contributed by atoms with Gasteiger partial charge < -0.3 is 9.94 Å². The number of hydrogen-bond donors (Lipinski definition) is 1. The van der Waals surface area contributed by atoms with Gasteiger partial charge in [-0.3, -0.25) is 0 Å². The maximum Gasteiger partial charge on any atom is 0.175 e. The summed E-state index contributed by atoms with van der Waals surface area (Å²) in [5, 5.41) is 11.6. The van der Waals surface area contributed by atoms with Crippen LogP contribution in [0.25, 0.3) is 0 Å². The largest absolute Gasteiger partial charge is 0.495 e. The molecule has 0 fully saturated rings. The van der Waals surface area contributed by atoms with E-state index in [2.05, 4.69) is 5.16 Å². The molecule has 0 aliphatic carbocycles. The summed E-state index contributed by atoms with van der Waals surface area (Å²) in [6.45, 7) is 0. The lowest BCUT2D eigenvalue weighted by Gasteiger charge is -2.03. The maximum atomic E-state index is 8.39. The molecule has 0 aliphatic heterocycles. The second kappa shape index (κ2) is 4.35. The molecule has 3 nitrogen and oxygen atoms in total. The predicted octanol–water partition coefficient (Wildman–Crippen LogP) is 2.72. The van der Waals surface area contributed by atoms with E-state index in [0.717, 1.165) is 0 Å². The number of halogens is 2. The highest BCUT2D eigenvalue weighted by Gasteiger charge is 2.05. The lowest BCUT2D eigenvalue weighted by atomic mass is 10.2. The molecule has 0 radical (unpaired) electrons. The van der Waals surface area contributed by atoms with Crippen molar-refractivity contribution in [1.29, 1.82) is 0 Å². The van der Waals surface area contributed by atoms with Gasteiger partial charge in [0.1, 0.15) is 5.75 Å². The zero-order valence-corrected chi connectivity index (χ0v) is 8.30. The van der Waals surface area contributed by atoms with E-state index in [9.17, 15) is 0 Å². The fourth-order valence-corrected chi connectivity index (χ4v) is 1.23. The number of hydrogen-bond acceptors (Lipinski definition) is 3. The first kappa shape index (κ1) is 10.2. The van der Waals surface area contributed by atoms with Crippen LogP contribution >= 0.6 is 23.2 Å². The van der Waals surface area contributed by atoms with E-state index in [1.807, 2.05) is 0 Å². The van der Waals surface area contributed by atoms with Crippen molar-refractivity contribution in [2.75, 3.05) is 7.11 Å². The van der Waals surface area contributed by atoms with Crippen molar-refractivity contribution in [3.05, 3.63) is 28.8 Å². The molecule has 0 unspecified atom stereocenters. The molecular formula is C8H7Cl2NO2. The molecular weight excluding hydrogens is 213 g/mol. The van der Waals surface area contributed by atoms with Gasteiger partial charge >= 0.3 is 0 Å². The Balaban J connectivity index is 3.10. The lowest BCUT2D eigenvalue weighted by molar-refractivity contribution is 0.321. The third-order valence-electron chi connectivity index (χ3n) is 1.48. The van der Waals surface area contributed by atoms with Crippen molar-refractivity contribution >= 4 is 28.4 Å². The van der Waals surface area contributed by atoms with Gasteiger partial charge in [-0.25, -0.2) is 0 Å². The topological polar surface area (TPSA) is 41.8 Å². The molecule has 0 saturated carbocycles. The molecule has 1 aromatic rings. The molecule has 1 aromatic carbocycles. The number of methoxy groups -OCH3 is 1. The normalized spacial score (nSPS) is 11.5. The van der Waals surface area contributed by atoms with Crippen LogP contribution in [-0.4, -0.2) is 17.5 Å². The lowest BCUT2D eigenvalue weighted by Crippen LogP contribution is -1.92. The van der Waals surface area contributed by atoms with Gasteiger partial charge in [0.25, 0.3) is 0 Å². The highest BCUT2D eigenvalue weighted by Crippen LogP contribution is 2.25. The average molecular weight is 220 g/mol. The van der Waals surface area contributed by atoms with Gasteiger partial charge in [0.2, 0.25) is 0 Å². The second-order valence-corrected chi connectivity index (χ2v) is 3.01. The highest BCUT2D eigenvalue weighted by molar-refractivity contribution is 6.69. The van der Waals surface area contributed by atoms with E-state index in [4.69, 9.17) is 33.1 Å². The smallest absolute Gasteiger partial charge is 0.175 e. The summed E-state index contributed by atoms with van der Waals surface area (Å²) in [7, 11) is 1.52. The Kier molecular flexibility index (Phi) is 3.39. The van der Waals surface area contributed by atoms with Crippen molar-refractivity contribution in [3.63, 3.8) is 0 Å². The average Bonchev–Trinajstić information content (AvgIpc) is 2.16. The third-order valence-corrected chi connectivity index (χ3v) is 2.07. The van der Waals surface area contributed by atoms with Crippen LogP contribution in [0.15, 0.2) is 23.4 Å². The quantitative estimate of drug-likeness (QED) is 0.473. The molecule has 1 N–H and O–H groups in total. The van der Waals surface area contributed by atoms with Crippen LogP contribution in [0, 0.1) is 0 Å². The van der Waals surface area contributed by atoms with Crippen LogP contribution in [0.1, 0.15) is 5.56 Å². The van der Waals surface area contributed by atoms with Crippen LogP contribution in [0.2, 0.25) is 5.02 Å². The van der Waals surface area contributed by atoms with Crippen LogP contribution in [0.4, 0.5) is 0 Å². The molecule has 0 aliphatic rings. The summed E-state index contributed by atoms with van der Waals surface area (Å²) in [6, 6.07) is 4.85.